The summed E-state index contributed by atoms with van der Waals surface area (Å²) < 4.78 is 99.4. The molecule has 1 saturated carbocycles. The molecule has 1 aliphatic carbocycles. The van der Waals surface area contributed by atoms with Gasteiger partial charge in [0.2, 0.25) is 5.91 Å². The van der Waals surface area contributed by atoms with E-state index in [1.54, 1.807) is 6.07 Å². The van der Waals surface area contributed by atoms with Crippen LogP contribution in [-0.4, -0.2) is 43.5 Å². The number of fused-ring (bicyclic) bond motifs is 2. The van der Waals surface area contributed by atoms with Crippen molar-refractivity contribution < 1.29 is 40.0 Å². The molecule has 2 heterocycles. The Bertz CT molecular complexity index is 1350. The van der Waals surface area contributed by atoms with Gasteiger partial charge in [-0.3, -0.25) is 9.63 Å². The first kappa shape index (κ1) is 31.8. The third-order valence-electron chi connectivity index (χ3n) is 9.07. The van der Waals surface area contributed by atoms with Crippen LogP contribution in [0.15, 0.2) is 59.5 Å². The lowest BCUT2D eigenvalue weighted by Crippen LogP contribution is -2.58. The molecule has 1 unspecified atom stereocenters. The number of sulfonamides is 1. The molecule has 7 nitrogen and oxygen atoms in total. The normalized spacial score (nSPS) is 25.0. The Kier molecular flexibility index (Phi) is 9.18. The number of benzene rings is 2. The Morgan fingerprint density at radius 1 is 0.860 bits per heavy atom. The van der Waals surface area contributed by atoms with Gasteiger partial charge >= 0.3 is 6.18 Å². The van der Waals surface area contributed by atoms with Crippen molar-refractivity contribution in [2.24, 2.45) is 17.6 Å². The van der Waals surface area contributed by atoms with Crippen molar-refractivity contribution in [1.82, 2.24) is 9.79 Å². The number of amides is 1. The van der Waals surface area contributed by atoms with Gasteiger partial charge in [-0.2, -0.15) is 13.2 Å². The van der Waals surface area contributed by atoms with E-state index in [4.69, 9.17) is 10.6 Å². The van der Waals surface area contributed by atoms with Gasteiger partial charge in [-0.1, -0.05) is 54.5 Å². The van der Waals surface area contributed by atoms with Gasteiger partial charge in [-0.15, -0.1) is 0 Å². The van der Waals surface area contributed by atoms with Crippen molar-refractivity contribution in [2.45, 2.75) is 99.0 Å². The maximum atomic E-state index is 16.7. The van der Waals surface area contributed by atoms with Crippen LogP contribution in [0, 0.1) is 11.8 Å². The molecule has 43 heavy (non-hydrogen) atoms. The summed E-state index contributed by atoms with van der Waals surface area (Å²) in [5.74, 6) is -7.71. The first-order valence-electron chi connectivity index (χ1n) is 14.6. The summed E-state index contributed by atoms with van der Waals surface area (Å²) >= 11 is 0. The number of alkyl halides is 5. The van der Waals surface area contributed by atoms with Crippen molar-refractivity contribution in [1.29, 1.82) is 0 Å². The predicted molar refractivity (Wildman–Crippen MR) is 148 cm³/mol. The van der Waals surface area contributed by atoms with E-state index in [-0.39, 0.29) is 23.0 Å². The molecule has 4 atom stereocenters. The largest absolute Gasteiger partial charge is 0.416 e. The molecule has 2 aromatic rings. The number of carbonyl (C=O) groups excluding carboxylic acids is 1. The lowest BCUT2D eigenvalue weighted by molar-refractivity contribution is -0.186. The summed E-state index contributed by atoms with van der Waals surface area (Å²) in [4.78, 5) is 23.4. The maximum Gasteiger partial charge on any atom is 0.416 e. The summed E-state index contributed by atoms with van der Waals surface area (Å²) in [5.41, 5.74) is 4.28. The highest BCUT2D eigenvalue weighted by atomic mass is 32.2. The standard InChI is InChI=1S/C30H36F5N3O4S/c31-29(32,20-11-13-21(14-12-20)30(33,34)35)26(28(39)38-23-15-16-24(38)18-22(36)17-23)27(19-7-3-1-4-8-19)42-37-43(40,41)25-9-5-2-6-10-25/h2,5-6,9-14,19,22-24,26-27,37H,1,3-4,7-8,15-18,36H2/t23-,24-,26-,27?/m0/s1. The van der Waals surface area contributed by atoms with Crippen LogP contribution in [0.4, 0.5) is 22.0 Å². The Labute approximate surface area is 248 Å². The molecule has 2 saturated heterocycles. The van der Waals surface area contributed by atoms with E-state index in [2.05, 4.69) is 0 Å². The average Bonchev–Trinajstić information content (AvgIpc) is 3.26. The van der Waals surface area contributed by atoms with Gasteiger partial charge in [0.1, 0.15) is 12.0 Å². The highest BCUT2D eigenvalue weighted by molar-refractivity contribution is 7.89. The molecule has 236 valence electrons. The van der Waals surface area contributed by atoms with Gasteiger partial charge in [0.15, 0.2) is 0 Å². The molecule has 0 spiro atoms. The van der Waals surface area contributed by atoms with Crippen molar-refractivity contribution >= 4 is 15.9 Å². The molecule has 2 aliphatic heterocycles. The average molecular weight is 630 g/mol. The van der Waals surface area contributed by atoms with Gasteiger partial charge in [-0.05, 0) is 68.7 Å². The van der Waals surface area contributed by atoms with Crippen LogP contribution in [-0.2, 0) is 31.8 Å². The van der Waals surface area contributed by atoms with Crippen LogP contribution < -0.4 is 10.6 Å². The zero-order valence-electron chi connectivity index (χ0n) is 23.5. The summed E-state index contributed by atoms with van der Waals surface area (Å²) in [6.07, 6.45) is -1.23. The van der Waals surface area contributed by atoms with Crippen molar-refractivity contribution in [3.63, 3.8) is 0 Å². The fourth-order valence-corrected chi connectivity index (χ4v) is 7.82. The second kappa shape index (κ2) is 12.4. The zero-order chi connectivity index (χ0) is 31.0. The van der Waals surface area contributed by atoms with E-state index in [1.807, 2.05) is 4.89 Å². The molecule has 3 aliphatic rings. The number of nitrogens with zero attached hydrogens (tertiary/aromatic N) is 1. The first-order chi connectivity index (χ1) is 20.3. The number of rotatable bonds is 9. The van der Waals surface area contributed by atoms with E-state index in [1.165, 1.54) is 29.2 Å². The molecule has 0 aromatic heterocycles. The van der Waals surface area contributed by atoms with Crippen molar-refractivity contribution in [3.05, 3.63) is 65.7 Å². The number of nitrogens with one attached hydrogen (secondary N) is 1. The smallest absolute Gasteiger partial charge is 0.336 e. The molecule has 0 radical (unpaired) electrons. The van der Waals surface area contributed by atoms with Gasteiger partial charge in [0.05, 0.1) is 10.5 Å². The number of piperidine rings is 1. The molecule has 3 fully saturated rings. The number of halogens is 5. The Hall–Kier alpha value is -2.61. The van der Waals surface area contributed by atoms with Crippen LogP contribution in [0.25, 0.3) is 0 Å². The fourth-order valence-electron chi connectivity index (χ4n) is 6.97. The zero-order valence-corrected chi connectivity index (χ0v) is 24.3. The first-order valence-corrected chi connectivity index (χ1v) is 16.1. The molecule has 3 N–H and O–H groups in total. The molecule has 5 rings (SSSR count). The number of hydrogen-bond acceptors (Lipinski definition) is 5. The third kappa shape index (κ3) is 6.74. The Balaban J connectivity index is 1.56. The predicted octanol–water partition coefficient (Wildman–Crippen LogP) is 5.75. The number of nitrogens with two attached hydrogens (primary N) is 1. The Morgan fingerprint density at radius 2 is 1.42 bits per heavy atom. The number of hydrogen-bond donors (Lipinski definition) is 2. The molecule has 2 bridgehead atoms. The molecule has 1 amide bonds. The van der Waals surface area contributed by atoms with Gasteiger partial charge in [0, 0.05) is 23.7 Å². The summed E-state index contributed by atoms with van der Waals surface area (Å²) in [7, 11) is -4.31. The van der Waals surface area contributed by atoms with Crippen LogP contribution in [0.5, 0.6) is 0 Å². The summed E-state index contributed by atoms with van der Waals surface area (Å²) in [5, 5.41) is 0. The highest BCUT2D eigenvalue weighted by Crippen LogP contribution is 2.47. The van der Waals surface area contributed by atoms with Crippen LogP contribution in [0.3, 0.4) is 0 Å². The minimum Gasteiger partial charge on any atom is -0.336 e. The minimum absolute atomic E-state index is 0.155. The van der Waals surface area contributed by atoms with Gasteiger partial charge in [0.25, 0.3) is 15.9 Å². The fraction of sp³-hybridized carbons (Fsp3) is 0.567. The van der Waals surface area contributed by atoms with E-state index >= 15 is 8.78 Å². The quantitative estimate of drug-likeness (QED) is 0.272. The van der Waals surface area contributed by atoms with Crippen molar-refractivity contribution in [2.75, 3.05) is 0 Å². The van der Waals surface area contributed by atoms with Crippen LogP contribution in [0.1, 0.15) is 68.9 Å². The molecular formula is C30H36F5N3O4S. The van der Waals surface area contributed by atoms with Crippen LogP contribution >= 0.6 is 0 Å². The van der Waals surface area contributed by atoms with E-state index in [0.717, 1.165) is 6.42 Å². The lowest BCUT2D eigenvalue weighted by atomic mass is 9.76. The topological polar surface area (TPSA) is 102 Å². The van der Waals surface area contributed by atoms with Crippen LogP contribution in [0.2, 0.25) is 0 Å². The van der Waals surface area contributed by atoms with E-state index in [0.29, 0.717) is 75.6 Å². The second-order valence-electron chi connectivity index (χ2n) is 11.9. The maximum absolute atomic E-state index is 16.7. The monoisotopic (exact) mass is 629 g/mol. The van der Waals surface area contributed by atoms with Crippen molar-refractivity contribution in [3.8, 4) is 0 Å². The minimum atomic E-state index is -4.74. The molecule has 13 heteroatoms. The Morgan fingerprint density at radius 3 is 1.98 bits per heavy atom. The SMILES string of the molecule is NC1C[C@@H]2CC[C@@H](C1)N2C(=O)[C@H](C(ONS(=O)(=O)c1ccccc1)C1CCCCC1)C(F)(F)c1ccc(C(F)(F)F)cc1. The van der Waals surface area contributed by atoms with Gasteiger partial charge < -0.3 is 10.6 Å². The molecular weight excluding hydrogens is 593 g/mol. The van der Waals surface area contributed by atoms with E-state index in [9.17, 15) is 26.4 Å². The lowest BCUT2D eigenvalue weighted by Gasteiger charge is -2.44. The summed E-state index contributed by atoms with van der Waals surface area (Å²) in [6.45, 7) is 0. The third-order valence-corrected chi connectivity index (χ3v) is 10.3. The van der Waals surface area contributed by atoms with Gasteiger partial charge in [-0.25, -0.2) is 17.2 Å². The second-order valence-corrected chi connectivity index (χ2v) is 13.6. The van der Waals surface area contributed by atoms with E-state index < -0.39 is 57.1 Å². The highest BCUT2D eigenvalue weighted by Gasteiger charge is 2.57. The number of carbonyl (C=O) groups is 1. The summed E-state index contributed by atoms with van der Waals surface area (Å²) in [6, 6.07) is 8.80. The molecule has 2 aromatic carbocycles.